The van der Waals surface area contributed by atoms with Crippen LogP contribution in [0.5, 0.6) is 0 Å². The first-order chi connectivity index (χ1) is 8.69. The van der Waals surface area contributed by atoms with E-state index in [0.717, 1.165) is 5.04 Å². The first-order valence-corrected chi connectivity index (χ1v) is 7.67. The molecule has 110 valence electrons. The lowest BCUT2D eigenvalue weighted by atomic mass is 9.84. The van der Waals surface area contributed by atoms with Gasteiger partial charge in [0.1, 0.15) is 0 Å². The van der Waals surface area contributed by atoms with Crippen molar-refractivity contribution in [2.75, 3.05) is 18.6 Å². The summed E-state index contributed by atoms with van der Waals surface area (Å²) in [6.07, 6.45) is -0.767. The van der Waals surface area contributed by atoms with Gasteiger partial charge in [-0.1, -0.05) is 13.8 Å². The molecule has 0 amide bonds. The van der Waals surface area contributed by atoms with Crippen molar-refractivity contribution in [3.05, 3.63) is 0 Å². The number of methoxy groups -OCH3 is 1. The number of ether oxygens (including phenoxy) is 1. The number of hydrogen-bond acceptors (Lipinski definition) is 7. The molecule has 7 heteroatoms. The molecule has 1 heterocycles. The van der Waals surface area contributed by atoms with Crippen molar-refractivity contribution in [3.8, 4) is 0 Å². The Morgan fingerprint density at radius 3 is 2.79 bits per heavy atom. The summed E-state index contributed by atoms with van der Waals surface area (Å²) >= 11 is 5.57. The molecule has 0 saturated carbocycles. The van der Waals surface area contributed by atoms with E-state index in [-0.39, 0.29) is 5.97 Å². The van der Waals surface area contributed by atoms with Crippen LogP contribution < -0.4 is 5.73 Å². The van der Waals surface area contributed by atoms with Crippen LogP contribution in [-0.4, -0.2) is 52.4 Å². The SMILES string of the molecule is COC(=O)[C@@]1(C)CSC(C(C)(C)[C@H](O)[C@@H](N)CS)=N1. The molecule has 0 aromatic rings. The van der Waals surface area contributed by atoms with Crippen molar-refractivity contribution in [3.63, 3.8) is 0 Å². The quantitative estimate of drug-likeness (QED) is 0.514. The second kappa shape index (κ2) is 6.03. The molecule has 3 atom stereocenters. The molecule has 0 unspecified atom stereocenters. The number of aliphatic hydroxyl groups excluding tert-OH is 1. The summed E-state index contributed by atoms with van der Waals surface area (Å²) in [5, 5.41) is 11.0. The monoisotopic (exact) mass is 306 g/mol. The summed E-state index contributed by atoms with van der Waals surface area (Å²) in [5.41, 5.74) is 4.35. The van der Waals surface area contributed by atoms with Crippen LogP contribution in [0.3, 0.4) is 0 Å². The highest BCUT2D eigenvalue weighted by Gasteiger charge is 2.46. The molecule has 0 aliphatic carbocycles. The fraction of sp³-hybridized carbons (Fsp3) is 0.833. The summed E-state index contributed by atoms with van der Waals surface area (Å²) < 4.78 is 4.77. The second-order valence-corrected chi connectivity index (χ2v) is 6.81. The van der Waals surface area contributed by atoms with Gasteiger partial charge < -0.3 is 15.6 Å². The molecule has 0 bridgehead atoms. The number of thioether (sulfide) groups is 1. The average Bonchev–Trinajstić information content (AvgIpc) is 2.80. The van der Waals surface area contributed by atoms with Gasteiger partial charge in [-0.05, 0) is 6.92 Å². The van der Waals surface area contributed by atoms with E-state index in [1.165, 1.54) is 18.9 Å². The molecular weight excluding hydrogens is 284 g/mol. The molecule has 19 heavy (non-hydrogen) atoms. The Bertz CT molecular complexity index is 387. The van der Waals surface area contributed by atoms with Gasteiger partial charge >= 0.3 is 5.97 Å². The van der Waals surface area contributed by atoms with Crippen LogP contribution in [0.1, 0.15) is 20.8 Å². The van der Waals surface area contributed by atoms with E-state index in [2.05, 4.69) is 17.6 Å². The molecule has 0 saturated heterocycles. The number of rotatable bonds is 5. The van der Waals surface area contributed by atoms with Crippen molar-refractivity contribution < 1.29 is 14.6 Å². The van der Waals surface area contributed by atoms with Crippen LogP contribution >= 0.6 is 24.4 Å². The molecule has 0 spiro atoms. The van der Waals surface area contributed by atoms with E-state index in [0.29, 0.717) is 11.5 Å². The van der Waals surface area contributed by atoms with Gasteiger partial charge in [0.25, 0.3) is 0 Å². The number of esters is 1. The normalized spacial score (nSPS) is 26.8. The number of carbonyl (C=O) groups excluding carboxylic acids is 1. The van der Waals surface area contributed by atoms with Crippen molar-refractivity contribution in [2.45, 2.75) is 38.5 Å². The van der Waals surface area contributed by atoms with E-state index in [1.54, 1.807) is 6.92 Å². The lowest BCUT2D eigenvalue weighted by Gasteiger charge is -2.33. The third-order valence-electron chi connectivity index (χ3n) is 3.37. The molecule has 0 radical (unpaired) electrons. The standard InChI is InChI=1S/C12H22N2O3S2/c1-11(2,8(15)7(13)5-18)9-14-12(3,6-19-9)10(16)17-4/h7-8,15,18H,5-6,13H2,1-4H3/t7-,8+,12+/m0/s1. The minimum atomic E-state index is -0.878. The lowest BCUT2D eigenvalue weighted by molar-refractivity contribution is -0.145. The molecule has 1 aliphatic rings. The Morgan fingerprint density at radius 1 is 1.74 bits per heavy atom. The third kappa shape index (κ3) is 3.26. The van der Waals surface area contributed by atoms with Crippen LogP contribution in [0.25, 0.3) is 0 Å². The van der Waals surface area contributed by atoms with Gasteiger partial charge in [0.2, 0.25) is 0 Å². The zero-order chi connectivity index (χ0) is 14.8. The smallest absolute Gasteiger partial charge is 0.334 e. The van der Waals surface area contributed by atoms with Gasteiger partial charge in [-0.3, -0.25) is 4.99 Å². The summed E-state index contributed by atoms with van der Waals surface area (Å²) in [5.74, 6) is 0.539. The maximum atomic E-state index is 11.7. The second-order valence-electron chi connectivity index (χ2n) is 5.48. The van der Waals surface area contributed by atoms with Gasteiger partial charge in [-0.25, -0.2) is 4.79 Å². The third-order valence-corrected chi connectivity index (χ3v) is 5.39. The minimum Gasteiger partial charge on any atom is -0.467 e. The molecule has 3 N–H and O–H groups in total. The molecule has 0 aromatic heterocycles. The van der Waals surface area contributed by atoms with Gasteiger partial charge in [0.15, 0.2) is 5.54 Å². The summed E-state index contributed by atoms with van der Waals surface area (Å²) in [4.78, 5) is 16.2. The van der Waals surface area contributed by atoms with Crippen LogP contribution in [0.4, 0.5) is 0 Å². The average molecular weight is 306 g/mol. The van der Waals surface area contributed by atoms with Crippen molar-refractivity contribution in [2.24, 2.45) is 16.1 Å². The Kier molecular flexibility index (Phi) is 5.34. The predicted octanol–water partition coefficient (Wildman–Crippen LogP) is 0.708. The summed E-state index contributed by atoms with van der Waals surface area (Å²) in [6, 6.07) is -0.438. The number of hydrogen-bond donors (Lipinski definition) is 3. The van der Waals surface area contributed by atoms with Crippen molar-refractivity contribution in [1.29, 1.82) is 0 Å². The van der Waals surface area contributed by atoms with Gasteiger partial charge in [0.05, 0.1) is 18.3 Å². The van der Waals surface area contributed by atoms with E-state index in [4.69, 9.17) is 10.5 Å². The first-order valence-electron chi connectivity index (χ1n) is 6.05. The maximum absolute atomic E-state index is 11.7. The molecule has 1 rings (SSSR count). The number of aliphatic hydroxyl groups is 1. The van der Waals surface area contributed by atoms with Gasteiger partial charge in [-0.15, -0.1) is 11.8 Å². The number of nitrogens with two attached hydrogens (primary N) is 1. The van der Waals surface area contributed by atoms with Crippen molar-refractivity contribution >= 4 is 35.4 Å². The summed E-state index contributed by atoms with van der Waals surface area (Å²) in [7, 11) is 1.35. The number of aliphatic imine (C=N–C) groups is 1. The largest absolute Gasteiger partial charge is 0.467 e. The molecular formula is C12H22N2O3S2. The zero-order valence-corrected chi connectivity index (χ0v) is 13.4. The fourth-order valence-corrected chi connectivity index (χ4v) is 3.47. The highest BCUT2D eigenvalue weighted by atomic mass is 32.2. The Balaban J connectivity index is 2.98. The highest BCUT2D eigenvalue weighted by Crippen LogP contribution is 2.39. The Morgan fingerprint density at radius 2 is 2.32 bits per heavy atom. The molecule has 0 fully saturated rings. The van der Waals surface area contributed by atoms with Crippen molar-refractivity contribution in [1.82, 2.24) is 0 Å². The van der Waals surface area contributed by atoms with E-state index in [1.807, 2.05) is 13.8 Å². The lowest BCUT2D eigenvalue weighted by Crippen LogP contribution is -2.48. The van der Waals surface area contributed by atoms with Crippen LogP contribution in [-0.2, 0) is 9.53 Å². The predicted molar refractivity (Wildman–Crippen MR) is 81.9 cm³/mol. The number of carbonyl (C=O) groups is 1. The molecule has 0 aromatic carbocycles. The van der Waals surface area contributed by atoms with Crippen LogP contribution in [0.2, 0.25) is 0 Å². The minimum absolute atomic E-state index is 0.362. The zero-order valence-electron chi connectivity index (χ0n) is 11.7. The molecule has 5 nitrogen and oxygen atoms in total. The topological polar surface area (TPSA) is 84.9 Å². The Labute approximate surface area is 123 Å². The van der Waals surface area contributed by atoms with E-state index >= 15 is 0 Å². The molecule has 1 aliphatic heterocycles. The van der Waals surface area contributed by atoms with E-state index in [9.17, 15) is 9.90 Å². The number of thiol groups is 1. The highest BCUT2D eigenvalue weighted by molar-refractivity contribution is 8.14. The van der Waals surface area contributed by atoms with Gasteiger partial charge in [-0.2, -0.15) is 12.6 Å². The first kappa shape index (κ1) is 16.8. The van der Waals surface area contributed by atoms with E-state index < -0.39 is 23.1 Å². The Hall–Kier alpha value is -0.240. The maximum Gasteiger partial charge on any atom is 0.334 e. The number of nitrogens with zero attached hydrogens (tertiary/aromatic N) is 1. The van der Waals surface area contributed by atoms with Crippen LogP contribution in [0.15, 0.2) is 4.99 Å². The fourth-order valence-electron chi connectivity index (χ4n) is 1.91. The van der Waals surface area contributed by atoms with Crippen LogP contribution in [0, 0.1) is 5.41 Å². The van der Waals surface area contributed by atoms with Gasteiger partial charge in [0, 0.05) is 23.0 Å². The summed E-state index contributed by atoms with van der Waals surface area (Å²) in [6.45, 7) is 5.48.